The highest BCUT2D eigenvalue weighted by molar-refractivity contribution is 6.08. The number of hydrogen-bond acceptors (Lipinski definition) is 4. The molecule has 1 aliphatic heterocycles. The molecular weight excluding hydrogens is 332 g/mol. The van der Waals surface area contributed by atoms with E-state index in [1.54, 1.807) is 64.1 Å². The van der Waals surface area contributed by atoms with Crippen LogP contribution in [0.3, 0.4) is 0 Å². The third-order valence-electron chi connectivity index (χ3n) is 4.27. The Hall–Kier alpha value is -2.63. The van der Waals surface area contributed by atoms with Crippen LogP contribution < -0.4 is 0 Å². The summed E-state index contributed by atoms with van der Waals surface area (Å²) in [7, 11) is 0. The predicted molar refractivity (Wildman–Crippen MR) is 98.6 cm³/mol. The van der Waals surface area contributed by atoms with E-state index in [4.69, 9.17) is 4.74 Å². The molecule has 1 saturated heterocycles. The Morgan fingerprint density at radius 1 is 1.23 bits per heavy atom. The summed E-state index contributed by atoms with van der Waals surface area (Å²) in [5, 5.41) is 0. The molecule has 0 aromatic heterocycles. The predicted octanol–water partition coefficient (Wildman–Crippen LogP) is 3.24. The molecule has 1 atom stereocenters. The van der Waals surface area contributed by atoms with Crippen LogP contribution in [0.25, 0.3) is 0 Å². The molecule has 0 radical (unpaired) electrons. The van der Waals surface area contributed by atoms with E-state index in [0.29, 0.717) is 5.56 Å². The molecule has 0 aliphatic carbocycles. The minimum atomic E-state index is -1.22. The van der Waals surface area contributed by atoms with E-state index in [-0.39, 0.29) is 25.4 Å². The van der Waals surface area contributed by atoms with Crippen molar-refractivity contribution in [1.82, 2.24) is 9.80 Å². The summed E-state index contributed by atoms with van der Waals surface area (Å²) in [5.74, 6) is -0.793. The van der Waals surface area contributed by atoms with Crippen molar-refractivity contribution in [3.63, 3.8) is 0 Å². The van der Waals surface area contributed by atoms with Gasteiger partial charge >= 0.3 is 6.09 Å². The van der Waals surface area contributed by atoms with Gasteiger partial charge in [0.2, 0.25) is 0 Å². The largest absolute Gasteiger partial charge is 0.444 e. The van der Waals surface area contributed by atoms with E-state index in [1.165, 1.54) is 9.80 Å². The van der Waals surface area contributed by atoms with Crippen LogP contribution in [0.2, 0.25) is 0 Å². The highest BCUT2D eigenvalue weighted by Gasteiger charge is 2.49. The molecule has 3 amide bonds. The third-order valence-corrected chi connectivity index (χ3v) is 4.27. The lowest BCUT2D eigenvalue weighted by Gasteiger charge is -2.46. The van der Waals surface area contributed by atoms with Crippen LogP contribution >= 0.6 is 0 Å². The van der Waals surface area contributed by atoms with Gasteiger partial charge in [-0.1, -0.05) is 24.3 Å². The van der Waals surface area contributed by atoms with Gasteiger partial charge in [0, 0.05) is 18.7 Å². The van der Waals surface area contributed by atoms with E-state index < -0.39 is 23.1 Å². The van der Waals surface area contributed by atoms with E-state index in [9.17, 15) is 14.4 Å². The first kappa shape index (κ1) is 19.7. The highest BCUT2D eigenvalue weighted by Crippen LogP contribution is 2.29. The molecule has 0 unspecified atom stereocenters. The first-order valence-corrected chi connectivity index (χ1v) is 8.63. The summed E-state index contributed by atoms with van der Waals surface area (Å²) in [6.45, 7) is 11.0. The molecule has 1 aliphatic rings. The van der Waals surface area contributed by atoms with E-state index in [1.807, 2.05) is 0 Å². The molecule has 26 heavy (non-hydrogen) atoms. The van der Waals surface area contributed by atoms with Crippen LogP contribution in [0.1, 0.15) is 44.5 Å². The van der Waals surface area contributed by atoms with Gasteiger partial charge in [0.05, 0.1) is 0 Å². The van der Waals surface area contributed by atoms with Gasteiger partial charge in [0.1, 0.15) is 11.1 Å². The van der Waals surface area contributed by atoms with Crippen LogP contribution in [0.5, 0.6) is 0 Å². The quantitative estimate of drug-likeness (QED) is 0.614. The van der Waals surface area contributed by atoms with Crippen molar-refractivity contribution >= 4 is 17.9 Å². The number of ether oxygens (including phenoxy) is 1. The zero-order valence-corrected chi connectivity index (χ0v) is 15.8. The number of rotatable bonds is 3. The van der Waals surface area contributed by atoms with Gasteiger partial charge in [0.25, 0.3) is 11.8 Å². The lowest BCUT2D eigenvalue weighted by atomic mass is 9.91. The Kier molecular flexibility index (Phi) is 5.54. The summed E-state index contributed by atoms with van der Waals surface area (Å²) in [6.07, 6.45) is 1.23. The number of amides is 3. The molecule has 1 aromatic rings. The first-order chi connectivity index (χ1) is 12.1. The normalized spacial score (nSPS) is 20.7. The Morgan fingerprint density at radius 2 is 1.85 bits per heavy atom. The molecule has 140 valence electrons. The minimum Gasteiger partial charge on any atom is -0.444 e. The molecule has 1 heterocycles. The smallest absolute Gasteiger partial charge is 0.411 e. The van der Waals surface area contributed by atoms with Crippen LogP contribution in [0.4, 0.5) is 4.79 Å². The SMILES string of the molecule is C=CC[C@@]1(C)C(=O)N(C(=O)c2ccccc2)CCN1C(=O)OC(C)(C)C. The molecular formula is C20H26N2O4. The van der Waals surface area contributed by atoms with Crippen molar-refractivity contribution in [3.8, 4) is 0 Å². The standard InChI is InChI=1S/C20H26N2O4/c1-6-12-20(5)17(24)21(16(23)15-10-8-7-9-11-15)13-14-22(20)18(25)26-19(2,3)4/h6-11H,1,12-14H2,2-5H3/t20-/m0/s1. The summed E-state index contributed by atoms with van der Waals surface area (Å²) in [4.78, 5) is 41.1. The number of hydrogen-bond donors (Lipinski definition) is 0. The Labute approximate surface area is 154 Å². The van der Waals surface area contributed by atoms with Crippen LogP contribution in [0.15, 0.2) is 43.0 Å². The van der Waals surface area contributed by atoms with Crippen molar-refractivity contribution < 1.29 is 19.1 Å². The van der Waals surface area contributed by atoms with E-state index >= 15 is 0 Å². The fourth-order valence-corrected chi connectivity index (χ4v) is 2.97. The van der Waals surface area contributed by atoms with Gasteiger partial charge in [-0.25, -0.2) is 4.79 Å². The first-order valence-electron chi connectivity index (χ1n) is 8.63. The van der Waals surface area contributed by atoms with Crippen LogP contribution in [-0.2, 0) is 9.53 Å². The van der Waals surface area contributed by atoms with E-state index in [0.717, 1.165) is 0 Å². The van der Waals surface area contributed by atoms with Crippen molar-refractivity contribution in [2.45, 2.75) is 45.3 Å². The molecule has 0 N–H and O–H groups in total. The topological polar surface area (TPSA) is 66.9 Å². The number of imide groups is 1. The van der Waals surface area contributed by atoms with Gasteiger partial charge in [0.15, 0.2) is 0 Å². The van der Waals surface area contributed by atoms with Crippen LogP contribution in [0, 0.1) is 0 Å². The molecule has 1 aromatic carbocycles. The summed E-state index contributed by atoms with van der Waals surface area (Å²) < 4.78 is 5.44. The zero-order valence-electron chi connectivity index (χ0n) is 15.8. The molecule has 0 saturated carbocycles. The summed E-state index contributed by atoms with van der Waals surface area (Å²) in [6, 6.07) is 8.64. The minimum absolute atomic E-state index is 0.124. The number of carbonyl (C=O) groups excluding carboxylic acids is 3. The summed E-state index contributed by atoms with van der Waals surface area (Å²) in [5.41, 5.74) is -1.45. The van der Waals surface area contributed by atoms with E-state index in [2.05, 4.69) is 6.58 Å². The molecule has 0 bridgehead atoms. The van der Waals surface area contributed by atoms with Crippen molar-refractivity contribution in [3.05, 3.63) is 48.6 Å². The van der Waals surface area contributed by atoms with Gasteiger partial charge < -0.3 is 4.74 Å². The van der Waals surface area contributed by atoms with Crippen LogP contribution in [-0.4, -0.2) is 51.9 Å². The molecule has 1 fully saturated rings. The molecule has 6 heteroatoms. The Balaban J connectivity index is 2.31. The molecule has 6 nitrogen and oxygen atoms in total. The maximum absolute atomic E-state index is 13.1. The van der Waals surface area contributed by atoms with Crippen molar-refractivity contribution in [2.24, 2.45) is 0 Å². The van der Waals surface area contributed by atoms with Gasteiger partial charge in [-0.2, -0.15) is 0 Å². The number of benzene rings is 1. The Morgan fingerprint density at radius 3 is 2.38 bits per heavy atom. The Bertz CT molecular complexity index is 708. The fraction of sp³-hybridized carbons (Fsp3) is 0.450. The zero-order chi connectivity index (χ0) is 19.5. The lowest BCUT2D eigenvalue weighted by Crippen LogP contribution is -2.67. The average molecular weight is 358 g/mol. The maximum Gasteiger partial charge on any atom is 0.411 e. The molecule has 2 rings (SSSR count). The van der Waals surface area contributed by atoms with Gasteiger partial charge in [-0.05, 0) is 46.2 Å². The number of nitrogens with zero attached hydrogens (tertiary/aromatic N) is 2. The second-order valence-corrected chi connectivity index (χ2v) is 7.53. The fourth-order valence-electron chi connectivity index (χ4n) is 2.97. The van der Waals surface area contributed by atoms with Crippen molar-refractivity contribution in [2.75, 3.05) is 13.1 Å². The second-order valence-electron chi connectivity index (χ2n) is 7.53. The monoisotopic (exact) mass is 358 g/mol. The van der Waals surface area contributed by atoms with Crippen molar-refractivity contribution in [1.29, 1.82) is 0 Å². The average Bonchev–Trinajstić information content (AvgIpc) is 2.56. The highest BCUT2D eigenvalue weighted by atomic mass is 16.6. The number of piperazine rings is 1. The number of carbonyl (C=O) groups is 3. The third kappa shape index (κ3) is 3.95. The van der Waals surface area contributed by atoms with Gasteiger partial charge in [-0.3, -0.25) is 19.4 Å². The van der Waals surface area contributed by atoms with Gasteiger partial charge in [-0.15, -0.1) is 6.58 Å². The summed E-state index contributed by atoms with van der Waals surface area (Å²) >= 11 is 0. The lowest BCUT2D eigenvalue weighted by molar-refractivity contribution is -0.145. The maximum atomic E-state index is 13.1. The molecule has 0 spiro atoms. The second kappa shape index (κ2) is 7.32.